The third-order valence-electron chi connectivity index (χ3n) is 4.05. The molecule has 0 heterocycles. The first-order valence-electron chi connectivity index (χ1n) is 9.04. The van der Waals surface area contributed by atoms with Gasteiger partial charge in [0.05, 0.1) is 12.6 Å². The van der Waals surface area contributed by atoms with E-state index in [-0.39, 0.29) is 18.6 Å². The molecule has 0 spiro atoms. The molecule has 2 rings (SSSR count). The van der Waals surface area contributed by atoms with Crippen molar-refractivity contribution in [2.24, 2.45) is 0 Å². The summed E-state index contributed by atoms with van der Waals surface area (Å²) in [6.07, 6.45) is 0.959. The second-order valence-electron chi connectivity index (χ2n) is 6.41. The van der Waals surface area contributed by atoms with Crippen molar-refractivity contribution < 1.29 is 14.3 Å². The molecular weight excluding hydrogens is 364 g/mol. The molecule has 0 radical (unpaired) electrons. The van der Waals surface area contributed by atoms with Crippen molar-refractivity contribution in [3.63, 3.8) is 0 Å². The zero-order valence-corrected chi connectivity index (χ0v) is 16.8. The lowest BCUT2D eigenvalue weighted by molar-refractivity contribution is -0.123. The van der Waals surface area contributed by atoms with E-state index in [9.17, 15) is 4.79 Å². The van der Waals surface area contributed by atoms with Crippen LogP contribution >= 0.6 is 11.6 Å². The molecule has 146 valence electrons. The molecule has 0 saturated heterocycles. The first-order chi connectivity index (χ1) is 13.0. The van der Waals surface area contributed by atoms with Crippen molar-refractivity contribution >= 4 is 17.5 Å². The van der Waals surface area contributed by atoms with Crippen LogP contribution in [0.2, 0.25) is 5.02 Å². The van der Waals surface area contributed by atoms with E-state index < -0.39 is 0 Å². The topological polar surface area (TPSA) is 50.8 Å². The SMILES string of the molecule is CCCOc1ccc(OCC(=O)NCC(c2ccccc2Cl)N(C)C)cc1. The van der Waals surface area contributed by atoms with E-state index in [1.54, 1.807) is 12.1 Å². The monoisotopic (exact) mass is 390 g/mol. The summed E-state index contributed by atoms with van der Waals surface area (Å²) >= 11 is 6.29. The molecule has 0 fully saturated rings. The number of hydrogen-bond acceptors (Lipinski definition) is 4. The van der Waals surface area contributed by atoms with E-state index in [1.807, 2.05) is 55.4 Å². The highest BCUT2D eigenvalue weighted by Crippen LogP contribution is 2.25. The Hall–Kier alpha value is -2.24. The molecule has 27 heavy (non-hydrogen) atoms. The lowest BCUT2D eigenvalue weighted by Gasteiger charge is -2.26. The fourth-order valence-corrected chi connectivity index (χ4v) is 2.84. The Morgan fingerprint density at radius 2 is 1.70 bits per heavy atom. The van der Waals surface area contributed by atoms with Gasteiger partial charge in [0, 0.05) is 11.6 Å². The van der Waals surface area contributed by atoms with Crippen LogP contribution in [0.25, 0.3) is 0 Å². The highest BCUT2D eigenvalue weighted by atomic mass is 35.5. The molecule has 5 nitrogen and oxygen atoms in total. The van der Waals surface area contributed by atoms with Gasteiger partial charge < -0.3 is 19.7 Å². The number of likely N-dealkylation sites (N-methyl/N-ethyl adjacent to an activating group) is 1. The maximum Gasteiger partial charge on any atom is 0.258 e. The number of carbonyl (C=O) groups is 1. The molecule has 1 atom stereocenters. The largest absolute Gasteiger partial charge is 0.494 e. The normalized spacial score (nSPS) is 11.9. The lowest BCUT2D eigenvalue weighted by atomic mass is 10.1. The van der Waals surface area contributed by atoms with Crippen LogP contribution in [-0.4, -0.2) is 44.7 Å². The molecule has 0 aliphatic rings. The standard InChI is InChI=1S/C21H27ClN2O3/c1-4-13-26-16-9-11-17(12-10-16)27-15-21(25)23-14-20(24(2)3)18-7-5-6-8-19(18)22/h5-12,20H,4,13-15H2,1-3H3,(H,23,25). The maximum atomic E-state index is 12.2. The molecule has 0 saturated carbocycles. The van der Waals surface area contributed by atoms with Gasteiger partial charge in [-0.25, -0.2) is 0 Å². The van der Waals surface area contributed by atoms with Crippen molar-refractivity contribution in [3.8, 4) is 11.5 Å². The fraction of sp³-hybridized carbons (Fsp3) is 0.381. The third kappa shape index (κ3) is 6.77. The molecule has 6 heteroatoms. The number of rotatable bonds is 10. The Bertz CT molecular complexity index is 720. The van der Waals surface area contributed by atoms with Gasteiger partial charge in [-0.1, -0.05) is 36.7 Å². The van der Waals surface area contributed by atoms with E-state index in [4.69, 9.17) is 21.1 Å². The van der Waals surface area contributed by atoms with Gasteiger partial charge in [-0.15, -0.1) is 0 Å². The van der Waals surface area contributed by atoms with E-state index in [1.165, 1.54) is 0 Å². The van der Waals surface area contributed by atoms with Crippen molar-refractivity contribution in [3.05, 3.63) is 59.1 Å². The van der Waals surface area contributed by atoms with Gasteiger partial charge in [0.15, 0.2) is 6.61 Å². The minimum Gasteiger partial charge on any atom is -0.494 e. The maximum absolute atomic E-state index is 12.2. The van der Waals surface area contributed by atoms with Crippen LogP contribution in [-0.2, 0) is 4.79 Å². The Morgan fingerprint density at radius 1 is 1.07 bits per heavy atom. The quantitative estimate of drug-likeness (QED) is 0.667. The summed E-state index contributed by atoms with van der Waals surface area (Å²) in [5, 5.41) is 3.60. The van der Waals surface area contributed by atoms with Crippen molar-refractivity contribution in [2.75, 3.05) is 33.9 Å². The number of nitrogens with zero attached hydrogens (tertiary/aromatic N) is 1. The molecule has 2 aromatic rings. The summed E-state index contributed by atoms with van der Waals surface area (Å²) < 4.78 is 11.1. The highest BCUT2D eigenvalue weighted by molar-refractivity contribution is 6.31. The van der Waals surface area contributed by atoms with Crippen molar-refractivity contribution in [2.45, 2.75) is 19.4 Å². The van der Waals surface area contributed by atoms with E-state index in [0.717, 1.165) is 17.7 Å². The number of halogens is 1. The van der Waals surface area contributed by atoms with Crippen LogP contribution in [0.4, 0.5) is 0 Å². The number of amides is 1. The van der Waals surface area contributed by atoms with Gasteiger partial charge in [-0.2, -0.15) is 0 Å². The van der Waals surface area contributed by atoms with Crippen LogP contribution in [0, 0.1) is 0 Å². The lowest BCUT2D eigenvalue weighted by Crippen LogP contribution is -2.37. The van der Waals surface area contributed by atoms with E-state index in [2.05, 4.69) is 12.2 Å². The predicted molar refractivity (Wildman–Crippen MR) is 109 cm³/mol. The highest BCUT2D eigenvalue weighted by Gasteiger charge is 2.17. The number of benzene rings is 2. The second kappa shape index (κ2) is 10.8. The van der Waals surface area contributed by atoms with Gasteiger partial charge in [0.1, 0.15) is 11.5 Å². The Kier molecular flexibility index (Phi) is 8.43. The second-order valence-corrected chi connectivity index (χ2v) is 6.82. The summed E-state index contributed by atoms with van der Waals surface area (Å²) in [5.41, 5.74) is 0.980. The minimum absolute atomic E-state index is 0.0161. The smallest absolute Gasteiger partial charge is 0.258 e. The third-order valence-corrected chi connectivity index (χ3v) is 4.39. The van der Waals surface area contributed by atoms with E-state index >= 15 is 0 Å². The van der Waals surface area contributed by atoms with Crippen LogP contribution in [0.5, 0.6) is 11.5 Å². The summed E-state index contributed by atoms with van der Waals surface area (Å²) in [6, 6.07) is 14.9. The predicted octanol–water partition coefficient (Wildman–Crippen LogP) is 3.93. The average molecular weight is 391 g/mol. The molecule has 0 aliphatic heterocycles. The molecule has 0 aromatic heterocycles. The van der Waals surface area contributed by atoms with Gasteiger partial charge in [-0.05, 0) is 56.4 Å². The van der Waals surface area contributed by atoms with Gasteiger partial charge in [-0.3, -0.25) is 4.79 Å². The molecule has 2 aromatic carbocycles. The molecule has 0 bridgehead atoms. The van der Waals surface area contributed by atoms with Crippen molar-refractivity contribution in [1.29, 1.82) is 0 Å². The first-order valence-corrected chi connectivity index (χ1v) is 9.42. The zero-order valence-electron chi connectivity index (χ0n) is 16.1. The molecule has 1 N–H and O–H groups in total. The van der Waals surface area contributed by atoms with Gasteiger partial charge in [0.25, 0.3) is 5.91 Å². The molecule has 0 aliphatic carbocycles. The summed E-state index contributed by atoms with van der Waals surface area (Å²) in [6.45, 7) is 3.14. The Labute approximate surface area is 166 Å². The number of hydrogen-bond donors (Lipinski definition) is 1. The Balaban J connectivity index is 1.83. The van der Waals surface area contributed by atoms with Crippen LogP contribution in [0.3, 0.4) is 0 Å². The number of carbonyl (C=O) groups excluding carboxylic acids is 1. The Morgan fingerprint density at radius 3 is 2.30 bits per heavy atom. The summed E-state index contributed by atoms with van der Waals surface area (Å²) in [5.74, 6) is 1.24. The number of ether oxygens (including phenoxy) is 2. The average Bonchev–Trinajstić information content (AvgIpc) is 2.66. The summed E-state index contributed by atoms with van der Waals surface area (Å²) in [7, 11) is 3.91. The van der Waals surface area contributed by atoms with Gasteiger partial charge in [0.2, 0.25) is 0 Å². The fourth-order valence-electron chi connectivity index (χ4n) is 2.58. The first kappa shape index (κ1) is 21.1. The van der Waals surface area contributed by atoms with E-state index in [0.29, 0.717) is 23.9 Å². The zero-order chi connectivity index (χ0) is 19.6. The van der Waals surface area contributed by atoms with Crippen molar-refractivity contribution in [1.82, 2.24) is 10.2 Å². The minimum atomic E-state index is -0.180. The van der Waals surface area contributed by atoms with Crippen LogP contribution in [0.1, 0.15) is 24.9 Å². The van der Waals surface area contributed by atoms with Crippen LogP contribution in [0.15, 0.2) is 48.5 Å². The molecule has 1 amide bonds. The number of nitrogens with one attached hydrogen (secondary N) is 1. The van der Waals surface area contributed by atoms with Gasteiger partial charge >= 0.3 is 0 Å². The molecule has 1 unspecified atom stereocenters. The summed E-state index contributed by atoms with van der Waals surface area (Å²) in [4.78, 5) is 14.2. The van der Waals surface area contributed by atoms with Crippen LogP contribution < -0.4 is 14.8 Å². The molecular formula is C21H27ClN2O3.